The number of nitrogen functional groups attached to an aromatic ring is 1. The molecular weight excluding hydrogens is 291 g/mol. The van der Waals surface area contributed by atoms with Gasteiger partial charge in [0.05, 0.1) is 0 Å². The van der Waals surface area contributed by atoms with Crippen LogP contribution in [0.25, 0.3) is 11.4 Å². The Morgan fingerprint density at radius 3 is 2.79 bits per heavy atom. The number of halogens is 1. The third-order valence-corrected chi connectivity index (χ3v) is 3.11. The number of nitrogens with one attached hydrogen (secondary N) is 1. The lowest BCUT2D eigenvalue weighted by atomic mass is 10.1. The molecule has 1 aromatic carbocycles. The van der Waals surface area contributed by atoms with Crippen LogP contribution >= 0.6 is 22.6 Å². The van der Waals surface area contributed by atoms with Crippen molar-refractivity contribution in [2.24, 2.45) is 0 Å². The summed E-state index contributed by atoms with van der Waals surface area (Å²) in [5.74, 6) is 0.982. The summed E-state index contributed by atoms with van der Waals surface area (Å²) in [5.41, 5.74) is 7.68. The minimum Gasteiger partial charge on any atom is -0.366 e. The van der Waals surface area contributed by atoms with Crippen molar-refractivity contribution >= 4 is 28.5 Å². The van der Waals surface area contributed by atoms with E-state index in [0.29, 0.717) is 5.82 Å². The first-order valence-electron chi connectivity index (χ1n) is 4.11. The van der Waals surface area contributed by atoms with E-state index in [1.807, 2.05) is 6.07 Å². The number of hydrogen-bond acceptors (Lipinski definition) is 3. The van der Waals surface area contributed by atoms with Crippen molar-refractivity contribution in [3.8, 4) is 11.4 Å². The van der Waals surface area contributed by atoms with E-state index in [9.17, 15) is 0 Å². The number of aromatic nitrogens is 3. The van der Waals surface area contributed by atoms with E-state index in [2.05, 4.69) is 56.8 Å². The molecule has 0 radical (unpaired) electrons. The first-order chi connectivity index (χ1) is 6.66. The number of anilines is 1. The molecule has 1 heterocycles. The Morgan fingerprint density at radius 1 is 1.43 bits per heavy atom. The number of nitrogens with zero attached hydrogens (tertiary/aromatic N) is 2. The summed E-state index contributed by atoms with van der Waals surface area (Å²) in [5, 5.41) is 6.56. The van der Waals surface area contributed by atoms with Crippen LogP contribution in [0.2, 0.25) is 0 Å². The van der Waals surface area contributed by atoms with Crippen LogP contribution in [0.5, 0.6) is 0 Å². The van der Waals surface area contributed by atoms with Gasteiger partial charge in [-0.15, -0.1) is 5.10 Å². The van der Waals surface area contributed by atoms with Crippen LogP contribution in [0.4, 0.5) is 5.95 Å². The van der Waals surface area contributed by atoms with Crippen LogP contribution in [0.15, 0.2) is 18.2 Å². The summed E-state index contributed by atoms with van der Waals surface area (Å²) >= 11 is 2.29. The van der Waals surface area contributed by atoms with Gasteiger partial charge in [-0.3, -0.25) is 5.10 Å². The summed E-state index contributed by atoms with van der Waals surface area (Å²) < 4.78 is 1.20. The Morgan fingerprint density at radius 2 is 2.21 bits per heavy atom. The topological polar surface area (TPSA) is 67.6 Å². The highest BCUT2D eigenvalue weighted by Crippen LogP contribution is 2.20. The van der Waals surface area contributed by atoms with Crippen LogP contribution in [0.3, 0.4) is 0 Å². The largest absolute Gasteiger partial charge is 0.366 e. The van der Waals surface area contributed by atoms with Crippen LogP contribution in [-0.4, -0.2) is 15.2 Å². The monoisotopic (exact) mass is 300 g/mol. The minimum absolute atomic E-state index is 0.274. The normalized spacial score (nSPS) is 10.4. The molecule has 0 aliphatic rings. The summed E-state index contributed by atoms with van der Waals surface area (Å²) in [4.78, 5) is 4.06. The lowest BCUT2D eigenvalue weighted by Crippen LogP contribution is -1.86. The Kier molecular flexibility index (Phi) is 2.40. The fourth-order valence-corrected chi connectivity index (χ4v) is 1.66. The van der Waals surface area contributed by atoms with Gasteiger partial charge in [-0.25, -0.2) is 0 Å². The standard InChI is InChI=1S/C9H9IN4/c1-5-2-3-6(4-7(5)10)8-12-9(11)14-13-8/h2-4H,1H3,(H3,11,12,13,14). The van der Waals surface area contributed by atoms with Crippen molar-refractivity contribution in [1.29, 1.82) is 0 Å². The highest BCUT2D eigenvalue weighted by molar-refractivity contribution is 14.1. The Hall–Kier alpha value is -1.11. The van der Waals surface area contributed by atoms with Gasteiger partial charge in [0, 0.05) is 9.13 Å². The van der Waals surface area contributed by atoms with Gasteiger partial charge in [0.25, 0.3) is 0 Å². The van der Waals surface area contributed by atoms with Gasteiger partial charge in [-0.05, 0) is 41.1 Å². The number of hydrogen-bond donors (Lipinski definition) is 2. The van der Waals surface area contributed by atoms with E-state index >= 15 is 0 Å². The number of rotatable bonds is 1. The first kappa shape index (κ1) is 9.45. The van der Waals surface area contributed by atoms with Crippen molar-refractivity contribution in [1.82, 2.24) is 15.2 Å². The second-order valence-corrected chi connectivity index (χ2v) is 4.17. The lowest BCUT2D eigenvalue weighted by Gasteiger charge is -2.00. The van der Waals surface area contributed by atoms with Crippen molar-refractivity contribution in [3.05, 3.63) is 27.3 Å². The highest BCUT2D eigenvalue weighted by Gasteiger charge is 2.04. The van der Waals surface area contributed by atoms with E-state index < -0.39 is 0 Å². The van der Waals surface area contributed by atoms with Crippen molar-refractivity contribution in [2.45, 2.75) is 6.92 Å². The van der Waals surface area contributed by atoms with E-state index in [-0.39, 0.29) is 5.95 Å². The lowest BCUT2D eigenvalue weighted by molar-refractivity contribution is 1.10. The molecule has 0 atom stereocenters. The van der Waals surface area contributed by atoms with E-state index in [1.165, 1.54) is 9.13 Å². The fourth-order valence-electron chi connectivity index (χ4n) is 1.14. The zero-order chi connectivity index (χ0) is 10.1. The molecule has 0 bridgehead atoms. The Labute approximate surface area is 95.1 Å². The molecular formula is C9H9IN4. The van der Waals surface area contributed by atoms with Crippen molar-refractivity contribution < 1.29 is 0 Å². The molecule has 2 rings (SSSR count). The second-order valence-electron chi connectivity index (χ2n) is 3.01. The van der Waals surface area contributed by atoms with Gasteiger partial charge >= 0.3 is 0 Å². The number of aryl methyl sites for hydroxylation is 1. The van der Waals surface area contributed by atoms with Gasteiger partial charge in [0.1, 0.15) is 0 Å². The van der Waals surface area contributed by atoms with Crippen molar-refractivity contribution in [3.63, 3.8) is 0 Å². The zero-order valence-electron chi connectivity index (χ0n) is 7.58. The molecule has 1 aromatic heterocycles. The fraction of sp³-hybridized carbons (Fsp3) is 0.111. The molecule has 5 heteroatoms. The van der Waals surface area contributed by atoms with Gasteiger partial charge < -0.3 is 5.73 Å². The molecule has 0 spiro atoms. The van der Waals surface area contributed by atoms with Gasteiger partial charge in [0.15, 0.2) is 5.82 Å². The molecule has 0 aliphatic carbocycles. The first-order valence-corrected chi connectivity index (χ1v) is 5.19. The number of aromatic amines is 1. The quantitative estimate of drug-likeness (QED) is 0.791. The molecule has 0 amide bonds. The summed E-state index contributed by atoms with van der Waals surface area (Å²) in [6.45, 7) is 2.07. The summed E-state index contributed by atoms with van der Waals surface area (Å²) in [6, 6.07) is 6.10. The predicted molar refractivity (Wildman–Crippen MR) is 63.7 cm³/mol. The van der Waals surface area contributed by atoms with E-state index in [4.69, 9.17) is 5.73 Å². The van der Waals surface area contributed by atoms with Gasteiger partial charge in [-0.2, -0.15) is 4.98 Å². The van der Waals surface area contributed by atoms with Crippen LogP contribution in [0, 0.1) is 10.5 Å². The van der Waals surface area contributed by atoms with Crippen LogP contribution < -0.4 is 5.73 Å². The molecule has 0 saturated carbocycles. The maximum atomic E-state index is 5.43. The maximum absolute atomic E-state index is 5.43. The minimum atomic E-state index is 0.274. The van der Waals surface area contributed by atoms with Gasteiger partial charge in [-0.1, -0.05) is 12.1 Å². The number of H-pyrrole nitrogens is 1. The van der Waals surface area contributed by atoms with Crippen molar-refractivity contribution in [2.75, 3.05) is 5.73 Å². The number of nitrogens with two attached hydrogens (primary N) is 1. The summed E-state index contributed by atoms with van der Waals surface area (Å²) in [6.07, 6.45) is 0. The Bertz CT molecular complexity index is 464. The smallest absolute Gasteiger partial charge is 0.239 e. The molecule has 14 heavy (non-hydrogen) atoms. The average Bonchev–Trinajstić information content (AvgIpc) is 2.57. The molecule has 3 N–H and O–H groups in total. The molecule has 4 nitrogen and oxygen atoms in total. The van der Waals surface area contributed by atoms with Gasteiger partial charge in [0.2, 0.25) is 5.95 Å². The molecule has 0 aliphatic heterocycles. The molecule has 72 valence electrons. The number of benzene rings is 1. The van der Waals surface area contributed by atoms with Crippen LogP contribution in [-0.2, 0) is 0 Å². The van der Waals surface area contributed by atoms with E-state index in [0.717, 1.165) is 5.56 Å². The molecule has 0 saturated heterocycles. The summed E-state index contributed by atoms with van der Waals surface area (Å²) in [7, 11) is 0. The third-order valence-electron chi connectivity index (χ3n) is 1.95. The molecule has 0 fully saturated rings. The Balaban J connectivity index is 2.47. The third kappa shape index (κ3) is 1.72. The zero-order valence-corrected chi connectivity index (χ0v) is 9.74. The predicted octanol–water partition coefficient (Wildman–Crippen LogP) is 1.97. The van der Waals surface area contributed by atoms with E-state index in [1.54, 1.807) is 0 Å². The second kappa shape index (κ2) is 3.56. The highest BCUT2D eigenvalue weighted by atomic mass is 127. The average molecular weight is 300 g/mol. The van der Waals surface area contributed by atoms with Crippen LogP contribution in [0.1, 0.15) is 5.56 Å². The maximum Gasteiger partial charge on any atom is 0.239 e. The molecule has 0 unspecified atom stereocenters. The SMILES string of the molecule is Cc1ccc(-c2nc(N)n[nH]2)cc1I. The molecule has 2 aromatic rings.